The summed E-state index contributed by atoms with van der Waals surface area (Å²) < 4.78 is 13.9. The minimum absolute atomic E-state index is 0.0240. The zero-order valence-corrected chi connectivity index (χ0v) is 12.8. The summed E-state index contributed by atoms with van der Waals surface area (Å²) in [5, 5.41) is 0. The minimum Gasteiger partial charge on any atom is -0.396 e. The maximum absolute atomic E-state index is 13.4. The quantitative estimate of drug-likeness (QED) is 0.794. The van der Waals surface area contributed by atoms with Gasteiger partial charge in [0.2, 0.25) is 0 Å². The van der Waals surface area contributed by atoms with E-state index >= 15 is 0 Å². The Bertz CT molecular complexity index is 549. The molecule has 1 amide bonds. The molecule has 3 rings (SSSR count). The number of carbonyl (C=O) groups excluding carboxylic acids is 1. The molecule has 0 spiro atoms. The number of likely N-dealkylation sites (tertiary alicyclic amines) is 1. The lowest BCUT2D eigenvalue weighted by Crippen LogP contribution is -2.39. The summed E-state index contributed by atoms with van der Waals surface area (Å²) in [6.45, 7) is 0.803. The van der Waals surface area contributed by atoms with Crippen LogP contribution in [0.15, 0.2) is 16.6 Å². The highest BCUT2D eigenvalue weighted by molar-refractivity contribution is 9.10. The summed E-state index contributed by atoms with van der Waals surface area (Å²) >= 11 is 3.27. The molecule has 1 aromatic rings. The van der Waals surface area contributed by atoms with E-state index in [1.165, 1.54) is 31.4 Å². The average molecular weight is 341 g/mol. The minimum atomic E-state index is -0.495. The number of nitrogens with two attached hydrogens (primary N) is 1. The summed E-state index contributed by atoms with van der Waals surface area (Å²) in [6, 6.07) is 3.07. The van der Waals surface area contributed by atoms with Crippen molar-refractivity contribution in [1.29, 1.82) is 0 Å². The number of benzene rings is 1. The number of nitrogens with zero attached hydrogens (tertiary/aromatic N) is 1. The molecule has 2 aliphatic rings. The average Bonchev–Trinajstić information content (AvgIpc) is 2.86. The van der Waals surface area contributed by atoms with Crippen LogP contribution in [-0.2, 0) is 0 Å². The molecule has 108 valence electrons. The van der Waals surface area contributed by atoms with Gasteiger partial charge in [-0.2, -0.15) is 0 Å². The Balaban J connectivity index is 1.87. The van der Waals surface area contributed by atoms with Gasteiger partial charge in [0.1, 0.15) is 5.82 Å². The molecule has 20 heavy (non-hydrogen) atoms. The van der Waals surface area contributed by atoms with Crippen molar-refractivity contribution < 1.29 is 9.18 Å². The first-order valence-corrected chi connectivity index (χ1v) is 7.92. The Hall–Kier alpha value is -1.10. The van der Waals surface area contributed by atoms with E-state index in [-0.39, 0.29) is 11.6 Å². The van der Waals surface area contributed by atoms with E-state index in [0.717, 1.165) is 19.4 Å². The van der Waals surface area contributed by atoms with Crippen LogP contribution in [0.2, 0.25) is 0 Å². The topological polar surface area (TPSA) is 46.3 Å². The molecule has 1 saturated heterocycles. The fraction of sp³-hybridized carbons (Fsp3) is 0.533. The van der Waals surface area contributed by atoms with E-state index in [4.69, 9.17) is 5.73 Å². The summed E-state index contributed by atoms with van der Waals surface area (Å²) in [5.41, 5.74) is 6.08. The van der Waals surface area contributed by atoms with E-state index in [1.54, 1.807) is 0 Å². The van der Waals surface area contributed by atoms with Gasteiger partial charge < -0.3 is 10.6 Å². The second kappa shape index (κ2) is 5.35. The molecule has 2 atom stereocenters. The van der Waals surface area contributed by atoms with Gasteiger partial charge >= 0.3 is 0 Å². The van der Waals surface area contributed by atoms with Crippen LogP contribution in [-0.4, -0.2) is 23.4 Å². The zero-order valence-electron chi connectivity index (χ0n) is 11.2. The molecule has 1 saturated carbocycles. The van der Waals surface area contributed by atoms with Crippen molar-refractivity contribution in [3.05, 3.63) is 28.0 Å². The molecule has 1 aliphatic heterocycles. The van der Waals surface area contributed by atoms with Gasteiger partial charge in [0.15, 0.2) is 0 Å². The van der Waals surface area contributed by atoms with Gasteiger partial charge in [-0.1, -0.05) is 12.8 Å². The van der Waals surface area contributed by atoms with Crippen LogP contribution in [0.5, 0.6) is 0 Å². The van der Waals surface area contributed by atoms with Crippen molar-refractivity contribution in [3.8, 4) is 0 Å². The molecule has 0 bridgehead atoms. The van der Waals surface area contributed by atoms with Gasteiger partial charge in [-0.15, -0.1) is 0 Å². The molecular weight excluding hydrogens is 323 g/mol. The maximum atomic E-state index is 13.4. The Kier molecular flexibility index (Phi) is 3.71. The van der Waals surface area contributed by atoms with Crippen LogP contribution in [0.1, 0.15) is 42.5 Å². The van der Waals surface area contributed by atoms with Crippen molar-refractivity contribution >= 4 is 27.5 Å². The van der Waals surface area contributed by atoms with Gasteiger partial charge in [-0.3, -0.25) is 4.79 Å². The van der Waals surface area contributed by atoms with Crippen LogP contribution in [0.4, 0.5) is 10.1 Å². The molecular formula is C15H18BrFN2O. The van der Waals surface area contributed by atoms with Crippen molar-refractivity contribution in [2.24, 2.45) is 5.92 Å². The lowest BCUT2D eigenvalue weighted by molar-refractivity contribution is 0.0689. The second-order valence-corrected chi connectivity index (χ2v) is 6.61. The van der Waals surface area contributed by atoms with Crippen LogP contribution in [0, 0.1) is 11.7 Å². The third-order valence-corrected chi connectivity index (χ3v) is 5.24. The number of nitrogen functional groups attached to an aromatic ring is 1. The van der Waals surface area contributed by atoms with Gasteiger partial charge in [0.25, 0.3) is 5.91 Å². The fourth-order valence-electron chi connectivity index (χ4n) is 3.54. The smallest absolute Gasteiger partial charge is 0.255 e. The monoisotopic (exact) mass is 340 g/mol. The van der Waals surface area contributed by atoms with Crippen LogP contribution in [0.3, 0.4) is 0 Å². The number of anilines is 1. The number of hydrogen-bond donors (Lipinski definition) is 1. The summed E-state index contributed by atoms with van der Waals surface area (Å²) in [6.07, 6.45) is 5.87. The van der Waals surface area contributed by atoms with Gasteiger partial charge in [0, 0.05) is 17.1 Å². The Morgan fingerprint density at radius 3 is 2.85 bits per heavy atom. The molecule has 1 heterocycles. The first-order chi connectivity index (χ1) is 9.58. The molecule has 1 aromatic carbocycles. The lowest BCUT2D eigenvalue weighted by Gasteiger charge is -2.32. The third kappa shape index (κ3) is 2.32. The highest BCUT2D eigenvalue weighted by Gasteiger charge is 2.38. The van der Waals surface area contributed by atoms with Gasteiger partial charge in [0.05, 0.1) is 11.3 Å². The van der Waals surface area contributed by atoms with Crippen molar-refractivity contribution in [1.82, 2.24) is 4.90 Å². The van der Waals surface area contributed by atoms with Crippen LogP contribution >= 0.6 is 15.9 Å². The molecule has 2 N–H and O–H groups in total. The largest absolute Gasteiger partial charge is 0.396 e. The first kappa shape index (κ1) is 13.9. The van der Waals surface area contributed by atoms with E-state index in [1.807, 2.05) is 4.90 Å². The van der Waals surface area contributed by atoms with Crippen molar-refractivity contribution in [2.75, 3.05) is 12.3 Å². The number of carbonyl (C=O) groups is 1. The molecule has 2 unspecified atom stereocenters. The van der Waals surface area contributed by atoms with E-state index < -0.39 is 5.82 Å². The number of halogens is 2. The number of amides is 1. The van der Waals surface area contributed by atoms with Crippen molar-refractivity contribution in [2.45, 2.75) is 38.1 Å². The molecule has 0 aromatic heterocycles. The predicted molar refractivity (Wildman–Crippen MR) is 79.9 cm³/mol. The van der Waals surface area contributed by atoms with E-state index in [9.17, 15) is 9.18 Å². The van der Waals surface area contributed by atoms with Crippen LogP contribution < -0.4 is 5.73 Å². The van der Waals surface area contributed by atoms with Gasteiger partial charge in [-0.25, -0.2) is 4.39 Å². The normalized spacial score (nSPS) is 25.6. The van der Waals surface area contributed by atoms with E-state index in [0.29, 0.717) is 22.0 Å². The fourth-order valence-corrected chi connectivity index (χ4v) is 4.03. The number of hydrogen-bond acceptors (Lipinski definition) is 2. The highest BCUT2D eigenvalue weighted by atomic mass is 79.9. The Morgan fingerprint density at radius 2 is 2.05 bits per heavy atom. The highest BCUT2D eigenvalue weighted by Crippen LogP contribution is 2.37. The molecule has 2 fully saturated rings. The van der Waals surface area contributed by atoms with Crippen molar-refractivity contribution in [3.63, 3.8) is 0 Å². The molecule has 0 radical (unpaired) electrons. The Labute approximate surface area is 126 Å². The summed E-state index contributed by atoms with van der Waals surface area (Å²) in [7, 11) is 0. The van der Waals surface area contributed by atoms with Crippen LogP contribution in [0.25, 0.3) is 0 Å². The zero-order chi connectivity index (χ0) is 14.3. The van der Waals surface area contributed by atoms with E-state index in [2.05, 4.69) is 15.9 Å². The first-order valence-electron chi connectivity index (χ1n) is 7.13. The molecule has 1 aliphatic carbocycles. The second-order valence-electron chi connectivity index (χ2n) is 5.75. The molecule has 3 nitrogen and oxygen atoms in total. The maximum Gasteiger partial charge on any atom is 0.255 e. The standard InChI is InChI=1S/C15H18BrFN2O/c16-11-8-12(17)13(18)7-10(11)15(20)19-6-5-9-3-1-2-4-14(9)19/h7-9,14H,1-6,18H2. The number of fused-ring (bicyclic) bond motifs is 1. The third-order valence-electron chi connectivity index (χ3n) is 4.59. The molecule has 5 heteroatoms. The SMILES string of the molecule is Nc1cc(C(=O)N2CCC3CCCCC32)c(Br)cc1F. The lowest BCUT2D eigenvalue weighted by atomic mass is 9.85. The Morgan fingerprint density at radius 1 is 1.30 bits per heavy atom. The van der Waals surface area contributed by atoms with Gasteiger partial charge in [-0.05, 0) is 53.2 Å². The summed E-state index contributed by atoms with van der Waals surface area (Å²) in [5.74, 6) is 0.118. The summed E-state index contributed by atoms with van der Waals surface area (Å²) in [4.78, 5) is 14.7. The number of rotatable bonds is 1. The predicted octanol–water partition coefficient (Wildman–Crippen LogP) is 3.58.